The van der Waals surface area contributed by atoms with Crippen LogP contribution in [-0.2, 0) is 0 Å². The largest absolute Gasteiger partial charge is 0.351 e. The minimum absolute atomic E-state index is 0.0809. The molecule has 1 aromatic heterocycles. The van der Waals surface area contributed by atoms with Crippen molar-refractivity contribution in [1.82, 2.24) is 10.2 Å². The van der Waals surface area contributed by atoms with Gasteiger partial charge in [0.25, 0.3) is 5.91 Å². The van der Waals surface area contributed by atoms with E-state index in [0.29, 0.717) is 0 Å². The lowest BCUT2D eigenvalue weighted by atomic mass is 10.1. The molecule has 3 rings (SSSR count). The maximum absolute atomic E-state index is 12.4. The highest BCUT2D eigenvalue weighted by atomic mass is 32.1. The summed E-state index contributed by atoms with van der Waals surface area (Å²) in [4.78, 5) is 15.7. The molecule has 0 atom stereocenters. The molecule has 4 heteroatoms. The summed E-state index contributed by atoms with van der Waals surface area (Å²) in [6.45, 7) is 6.36. The van der Waals surface area contributed by atoms with Gasteiger partial charge in [0.05, 0.1) is 4.88 Å². The average Bonchev–Trinajstić information content (AvgIpc) is 2.90. The second-order valence-electron chi connectivity index (χ2n) is 6.06. The normalized spacial score (nSPS) is 16.0. The van der Waals surface area contributed by atoms with Gasteiger partial charge in [-0.05, 0) is 62.8 Å². The number of piperidine rings is 1. The smallest absolute Gasteiger partial charge is 0.261 e. The van der Waals surface area contributed by atoms with Crippen LogP contribution in [0.1, 0.15) is 40.9 Å². The fourth-order valence-electron chi connectivity index (χ4n) is 3.16. The molecule has 1 fully saturated rings. The number of hydrogen-bond acceptors (Lipinski definition) is 3. The number of hydrogen-bond donors (Lipinski definition) is 1. The summed E-state index contributed by atoms with van der Waals surface area (Å²) in [5, 5.41) is 4.29. The van der Waals surface area contributed by atoms with Gasteiger partial charge < -0.3 is 10.2 Å². The number of aryl methyl sites for hydroxylation is 1. The number of amides is 1. The number of benzene rings is 1. The first-order valence-corrected chi connectivity index (χ1v) is 9.06. The van der Waals surface area contributed by atoms with Gasteiger partial charge in [-0.15, -0.1) is 11.3 Å². The molecule has 2 aromatic rings. The molecule has 0 spiro atoms. The van der Waals surface area contributed by atoms with E-state index in [-0.39, 0.29) is 5.91 Å². The number of carbonyl (C=O) groups excluding carboxylic acids is 1. The van der Waals surface area contributed by atoms with Gasteiger partial charge in [0, 0.05) is 11.2 Å². The van der Waals surface area contributed by atoms with Gasteiger partial charge in [-0.25, -0.2) is 0 Å². The van der Waals surface area contributed by atoms with Gasteiger partial charge in [0.2, 0.25) is 0 Å². The van der Waals surface area contributed by atoms with E-state index in [1.54, 1.807) is 11.3 Å². The van der Waals surface area contributed by atoms with E-state index in [0.717, 1.165) is 30.0 Å². The Morgan fingerprint density at radius 2 is 2.00 bits per heavy atom. The third kappa shape index (κ3) is 3.50. The van der Waals surface area contributed by atoms with Crippen molar-refractivity contribution in [3.63, 3.8) is 0 Å². The average molecular weight is 316 g/mol. The van der Waals surface area contributed by atoms with Gasteiger partial charge in [-0.3, -0.25) is 4.79 Å². The Hall–Kier alpha value is -1.39. The lowest BCUT2D eigenvalue weighted by Crippen LogP contribution is -2.33. The number of rotatable bonds is 5. The number of carbonyl (C=O) groups is 1. The molecule has 1 aliphatic rings. The van der Waals surface area contributed by atoms with Crippen molar-refractivity contribution in [3.8, 4) is 0 Å². The zero-order chi connectivity index (χ0) is 15.4. The topological polar surface area (TPSA) is 32.3 Å². The van der Waals surface area contributed by atoms with E-state index < -0.39 is 0 Å². The minimum atomic E-state index is 0.0809. The highest BCUT2D eigenvalue weighted by Crippen LogP contribution is 2.30. The SMILES string of the molecule is Cc1c(C(=O)NCCCN2CCCCC2)sc2ccccc12. The number of nitrogens with zero attached hydrogens (tertiary/aromatic N) is 1. The molecule has 22 heavy (non-hydrogen) atoms. The Balaban J connectivity index is 1.51. The molecule has 0 radical (unpaired) electrons. The fourth-order valence-corrected chi connectivity index (χ4v) is 4.28. The van der Waals surface area contributed by atoms with Gasteiger partial charge >= 0.3 is 0 Å². The summed E-state index contributed by atoms with van der Waals surface area (Å²) < 4.78 is 1.19. The Morgan fingerprint density at radius 3 is 2.77 bits per heavy atom. The van der Waals surface area contributed by atoms with Crippen LogP contribution in [0.3, 0.4) is 0 Å². The fraction of sp³-hybridized carbons (Fsp3) is 0.500. The monoisotopic (exact) mass is 316 g/mol. The van der Waals surface area contributed by atoms with Gasteiger partial charge in [-0.2, -0.15) is 0 Å². The van der Waals surface area contributed by atoms with Crippen LogP contribution < -0.4 is 5.32 Å². The summed E-state index contributed by atoms with van der Waals surface area (Å²) in [5.74, 6) is 0.0809. The first-order valence-electron chi connectivity index (χ1n) is 8.24. The summed E-state index contributed by atoms with van der Waals surface area (Å²) in [5.41, 5.74) is 1.11. The van der Waals surface area contributed by atoms with Gasteiger partial charge in [0.1, 0.15) is 0 Å². The van der Waals surface area contributed by atoms with Gasteiger partial charge in [0.15, 0.2) is 0 Å². The summed E-state index contributed by atoms with van der Waals surface area (Å²) in [7, 11) is 0. The molecule has 0 aliphatic carbocycles. The maximum Gasteiger partial charge on any atom is 0.261 e. The van der Waals surface area contributed by atoms with Crippen molar-refractivity contribution in [2.75, 3.05) is 26.2 Å². The predicted molar refractivity (Wildman–Crippen MR) is 93.8 cm³/mol. The van der Waals surface area contributed by atoms with Crippen LogP contribution in [0.2, 0.25) is 0 Å². The first-order chi connectivity index (χ1) is 10.8. The molecular weight excluding hydrogens is 292 g/mol. The van der Waals surface area contributed by atoms with E-state index in [1.807, 2.05) is 19.1 Å². The van der Waals surface area contributed by atoms with Crippen LogP contribution >= 0.6 is 11.3 Å². The molecule has 1 N–H and O–H groups in total. The molecule has 3 nitrogen and oxygen atoms in total. The summed E-state index contributed by atoms with van der Waals surface area (Å²) in [6.07, 6.45) is 5.06. The molecule has 0 bridgehead atoms. The molecule has 0 unspecified atom stereocenters. The van der Waals surface area contributed by atoms with Crippen LogP contribution in [0.4, 0.5) is 0 Å². The van der Waals surface area contributed by atoms with E-state index in [1.165, 1.54) is 42.4 Å². The number of fused-ring (bicyclic) bond motifs is 1. The molecule has 1 saturated heterocycles. The van der Waals surface area contributed by atoms with Crippen molar-refractivity contribution in [3.05, 3.63) is 34.7 Å². The molecule has 1 aromatic carbocycles. The maximum atomic E-state index is 12.4. The van der Waals surface area contributed by atoms with E-state index in [2.05, 4.69) is 22.3 Å². The Kier molecular flexibility index (Phi) is 5.11. The van der Waals surface area contributed by atoms with Gasteiger partial charge in [-0.1, -0.05) is 24.6 Å². The lowest BCUT2D eigenvalue weighted by Gasteiger charge is -2.26. The van der Waals surface area contributed by atoms with Crippen LogP contribution in [0, 0.1) is 6.92 Å². The third-order valence-corrected chi connectivity index (χ3v) is 5.71. The molecule has 118 valence electrons. The summed E-state index contributed by atoms with van der Waals surface area (Å²) in [6, 6.07) is 8.23. The number of nitrogens with one attached hydrogen (secondary N) is 1. The first kappa shape index (κ1) is 15.5. The Labute approximate surface area is 136 Å². The van der Waals surface area contributed by atoms with Crippen molar-refractivity contribution in [2.45, 2.75) is 32.6 Å². The van der Waals surface area contributed by atoms with Crippen molar-refractivity contribution < 1.29 is 4.79 Å². The second-order valence-corrected chi connectivity index (χ2v) is 7.12. The van der Waals surface area contributed by atoms with Crippen molar-refractivity contribution >= 4 is 27.3 Å². The van der Waals surface area contributed by atoms with E-state index >= 15 is 0 Å². The summed E-state index contributed by atoms with van der Waals surface area (Å²) >= 11 is 1.60. The van der Waals surface area contributed by atoms with E-state index in [9.17, 15) is 4.79 Å². The third-order valence-electron chi connectivity index (χ3n) is 4.44. The highest BCUT2D eigenvalue weighted by molar-refractivity contribution is 7.21. The highest BCUT2D eigenvalue weighted by Gasteiger charge is 2.15. The zero-order valence-corrected chi connectivity index (χ0v) is 14.0. The Morgan fingerprint density at radius 1 is 1.23 bits per heavy atom. The molecular formula is C18H24N2OS. The lowest BCUT2D eigenvalue weighted by molar-refractivity contribution is 0.0954. The quantitative estimate of drug-likeness (QED) is 0.851. The second kappa shape index (κ2) is 7.25. The number of likely N-dealkylation sites (tertiary alicyclic amines) is 1. The predicted octanol–water partition coefficient (Wildman–Crippen LogP) is 3.82. The molecule has 1 amide bonds. The molecule has 0 saturated carbocycles. The number of thiophene rings is 1. The van der Waals surface area contributed by atoms with Crippen LogP contribution in [0.5, 0.6) is 0 Å². The zero-order valence-electron chi connectivity index (χ0n) is 13.2. The van der Waals surface area contributed by atoms with Crippen LogP contribution in [0.15, 0.2) is 24.3 Å². The standard InChI is InChI=1S/C18H24N2OS/c1-14-15-8-3-4-9-16(15)22-17(14)18(21)19-10-7-13-20-11-5-2-6-12-20/h3-4,8-9H,2,5-7,10-13H2,1H3,(H,19,21). The minimum Gasteiger partial charge on any atom is -0.351 e. The van der Waals surface area contributed by atoms with Crippen molar-refractivity contribution in [2.24, 2.45) is 0 Å². The Bertz CT molecular complexity index is 644. The molecule has 2 heterocycles. The van der Waals surface area contributed by atoms with E-state index in [4.69, 9.17) is 0 Å². The van der Waals surface area contributed by atoms with Crippen molar-refractivity contribution in [1.29, 1.82) is 0 Å². The van der Waals surface area contributed by atoms with Crippen LogP contribution in [0.25, 0.3) is 10.1 Å². The van der Waals surface area contributed by atoms with Crippen LogP contribution in [-0.4, -0.2) is 37.0 Å². The molecule has 1 aliphatic heterocycles.